The zero-order valence-electron chi connectivity index (χ0n) is 14.3. The number of nitrogens with zero attached hydrogens (tertiary/aromatic N) is 3. The Balaban J connectivity index is 1.66. The van der Waals surface area contributed by atoms with Gasteiger partial charge in [0, 0.05) is 30.5 Å². The summed E-state index contributed by atoms with van der Waals surface area (Å²) in [5.41, 5.74) is 1.96. The van der Waals surface area contributed by atoms with Gasteiger partial charge in [0.1, 0.15) is 11.9 Å². The lowest BCUT2D eigenvalue weighted by atomic mass is 10.1. The smallest absolute Gasteiger partial charge is 0.311 e. The van der Waals surface area contributed by atoms with E-state index in [2.05, 4.69) is 15.2 Å². The van der Waals surface area contributed by atoms with Crippen LogP contribution in [0.3, 0.4) is 0 Å². The number of methoxy groups -OCH3 is 1. The molecular weight excluding hydrogens is 340 g/mol. The second kappa shape index (κ2) is 7.98. The van der Waals surface area contributed by atoms with E-state index in [0.29, 0.717) is 18.2 Å². The summed E-state index contributed by atoms with van der Waals surface area (Å²) in [7, 11) is 1.46. The molecule has 1 saturated heterocycles. The Hall–Kier alpha value is -2.91. The van der Waals surface area contributed by atoms with Gasteiger partial charge < -0.3 is 24.8 Å². The van der Waals surface area contributed by atoms with E-state index >= 15 is 0 Å². The van der Waals surface area contributed by atoms with Crippen LogP contribution in [0.5, 0.6) is 5.88 Å². The van der Waals surface area contributed by atoms with Crippen LogP contribution in [-0.2, 0) is 4.74 Å². The third kappa shape index (κ3) is 4.01. The van der Waals surface area contributed by atoms with Crippen LogP contribution in [0, 0.1) is 10.1 Å². The van der Waals surface area contributed by atoms with Crippen LogP contribution in [0.4, 0.5) is 22.7 Å². The number of rotatable bonds is 8. The molecule has 2 heterocycles. The van der Waals surface area contributed by atoms with Gasteiger partial charge in [0.2, 0.25) is 5.88 Å². The van der Waals surface area contributed by atoms with Crippen LogP contribution in [0.25, 0.3) is 0 Å². The van der Waals surface area contributed by atoms with E-state index in [1.54, 1.807) is 0 Å². The predicted octanol–water partition coefficient (Wildman–Crippen LogP) is 1.94. The number of hydrogen-bond acceptors (Lipinski definition) is 8. The van der Waals surface area contributed by atoms with Crippen molar-refractivity contribution in [1.29, 1.82) is 0 Å². The average molecular weight is 360 g/mol. The van der Waals surface area contributed by atoms with Gasteiger partial charge in [-0.15, -0.1) is 0 Å². The van der Waals surface area contributed by atoms with Crippen LogP contribution >= 0.6 is 0 Å². The maximum absolute atomic E-state index is 11.2. The third-order valence-corrected chi connectivity index (χ3v) is 4.07. The van der Waals surface area contributed by atoms with Gasteiger partial charge >= 0.3 is 5.69 Å². The molecule has 1 fully saturated rings. The van der Waals surface area contributed by atoms with Gasteiger partial charge in [-0.3, -0.25) is 10.1 Å². The number of hydrogen-bond donors (Lipinski definition) is 2. The fourth-order valence-electron chi connectivity index (χ4n) is 2.67. The minimum absolute atomic E-state index is 0.0306. The molecule has 9 nitrogen and oxygen atoms in total. The fraction of sp³-hybridized carbons (Fsp3) is 0.353. The summed E-state index contributed by atoms with van der Waals surface area (Å²) in [6.07, 6.45) is 1.31. The molecule has 0 radical (unpaired) electrons. The van der Waals surface area contributed by atoms with Gasteiger partial charge in [0.25, 0.3) is 0 Å². The third-order valence-electron chi connectivity index (χ3n) is 4.07. The quantitative estimate of drug-likeness (QED) is 0.543. The maximum Gasteiger partial charge on any atom is 0.311 e. The molecule has 0 atom stereocenters. The van der Waals surface area contributed by atoms with E-state index in [1.807, 2.05) is 24.3 Å². The van der Waals surface area contributed by atoms with E-state index in [4.69, 9.17) is 14.6 Å². The Labute approximate surface area is 150 Å². The van der Waals surface area contributed by atoms with E-state index in [-0.39, 0.29) is 18.4 Å². The van der Waals surface area contributed by atoms with Crippen molar-refractivity contribution in [1.82, 2.24) is 4.98 Å². The molecule has 0 saturated carbocycles. The van der Waals surface area contributed by atoms with Gasteiger partial charge in [-0.1, -0.05) is 0 Å². The summed E-state index contributed by atoms with van der Waals surface area (Å²) in [6.45, 7) is 1.94. The number of ether oxygens (including phenoxy) is 2. The van der Waals surface area contributed by atoms with Gasteiger partial charge in [-0.2, -0.15) is 0 Å². The van der Waals surface area contributed by atoms with Gasteiger partial charge in [-0.25, -0.2) is 4.98 Å². The van der Waals surface area contributed by atoms with Gasteiger partial charge in [0.15, 0.2) is 0 Å². The molecule has 1 aromatic carbocycles. The van der Waals surface area contributed by atoms with E-state index in [1.165, 1.54) is 19.4 Å². The monoisotopic (exact) mass is 360 g/mol. The first kappa shape index (κ1) is 17.9. The molecule has 1 aliphatic heterocycles. The number of aliphatic hydroxyl groups is 1. The van der Waals surface area contributed by atoms with Crippen molar-refractivity contribution in [3.8, 4) is 5.88 Å². The van der Waals surface area contributed by atoms with Crippen molar-refractivity contribution in [2.24, 2.45) is 0 Å². The van der Waals surface area contributed by atoms with Crippen LogP contribution in [0.1, 0.15) is 0 Å². The van der Waals surface area contributed by atoms with Crippen molar-refractivity contribution in [3.63, 3.8) is 0 Å². The predicted molar refractivity (Wildman–Crippen MR) is 96.2 cm³/mol. The molecule has 26 heavy (non-hydrogen) atoms. The molecule has 1 aliphatic rings. The highest BCUT2D eigenvalue weighted by molar-refractivity contribution is 5.71. The maximum atomic E-state index is 11.2. The number of aromatic nitrogens is 1. The summed E-state index contributed by atoms with van der Waals surface area (Å²) < 4.78 is 10.5. The largest absolute Gasteiger partial charge is 0.481 e. The number of nitrogens with one attached hydrogen (secondary N) is 1. The molecular formula is C17H20N4O5. The lowest BCUT2D eigenvalue weighted by molar-refractivity contribution is -0.384. The lowest BCUT2D eigenvalue weighted by Gasteiger charge is -2.40. The minimum atomic E-state index is -0.490. The Bertz CT molecular complexity index is 762. The molecule has 0 aliphatic carbocycles. The minimum Gasteiger partial charge on any atom is -0.481 e. The summed E-state index contributed by atoms with van der Waals surface area (Å²) in [6, 6.07) is 9.08. The normalized spacial score (nSPS) is 14.0. The highest BCUT2D eigenvalue weighted by atomic mass is 16.6. The molecule has 2 aromatic rings. The highest BCUT2D eigenvalue weighted by Gasteiger charge is 2.27. The lowest BCUT2D eigenvalue weighted by Crippen LogP contribution is -2.52. The Morgan fingerprint density at radius 1 is 1.38 bits per heavy atom. The molecule has 0 amide bonds. The van der Waals surface area contributed by atoms with E-state index < -0.39 is 4.92 Å². The van der Waals surface area contributed by atoms with Crippen molar-refractivity contribution in [3.05, 3.63) is 46.6 Å². The van der Waals surface area contributed by atoms with Crippen LogP contribution < -0.4 is 15.0 Å². The molecule has 0 spiro atoms. The SMILES string of the molecule is COc1cc(Nc2ccc(N3CC(OCCO)C3)cc2)c([N+](=O)[O-])cn1. The van der Waals surface area contributed by atoms with E-state index in [9.17, 15) is 10.1 Å². The van der Waals surface area contributed by atoms with Gasteiger partial charge in [0.05, 0.1) is 31.4 Å². The average Bonchev–Trinajstić information content (AvgIpc) is 2.61. The molecule has 0 bridgehead atoms. The molecule has 0 unspecified atom stereocenters. The number of nitro groups is 1. The van der Waals surface area contributed by atoms with Crippen molar-refractivity contribution >= 4 is 22.7 Å². The topological polar surface area (TPSA) is 110 Å². The number of benzene rings is 1. The molecule has 9 heteroatoms. The molecule has 3 rings (SSSR count). The first-order valence-corrected chi connectivity index (χ1v) is 8.13. The number of anilines is 3. The van der Waals surface area contributed by atoms with Crippen LogP contribution in [0.2, 0.25) is 0 Å². The summed E-state index contributed by atoms with van der Waals surface area (Å²) in [5.74, 6) is 0.296. The first-order chi connectivity index (χ1) is 12.6. The standard InChI is InChI=1S/C17H20N4O5/c1-25-17-8-15(16(9-18-17)21(23)24)19-12-2-4-13(5-3-12)20-10-14(11-20)26-7-6-22/h2-5,8-9,14,22H,6-7,10-11H2,1H3,(H,18,19). The first-order valence-electron chi connectivity index (χ1n) is 8.13. The summed E-state index contributed by atoms with van der Waals surface area (Å²) in [5, 5.41) is 22.9. The molecule has 1 aromatic heterocycles. The fourth-order valence-corrected chi connectivity index (χ4v) is 2.67. The van der Waals surface area contributed by atoms with Crippen LogP contribution in [-0.4, -0.2) is 54.5 Å². The number of pyridine rings is 1. The van der Waals surface area contributed by atoms with Crippen molar-refractivity contribution < 1.29 is 19.5 Å². The molecule has 138 valence electrons. The Kier molecular flexibility index (Phi) is 5.49. The highest BCUT2D eigenvalue weighted by Crippen LogP contribution is 2.31. The zero-order valence-corrected chi connectivity index (χ0v) is 14.3. The van der Waals surface area contributed by atoms with Gasteiger partial charge in [-0.05, 0) is 24.3 Å². The Morgan fingerprint density at radius 2 is 2.12 bits per heavy atom. The van der Waals surface area contributed by atoms with Crippen LogP contribution in [0.15, 0.2) is 36.5 Å². The second-order valence-corrected chi connectivity index (χ2v) is 5.79. The Morgan fingerprint density at radius 3 is 2.73 bits per heavy atom. The van der Waals surface area contributed by atoms with Crippen molar-refractivity contribution in [2.75, 3.05) is 43.6 Å². The molecule has 2 N–H and O–H groups in total. The number of aliphatic hydroxyl groups excluding tert-OH is 1. The van der Waals surface area contributed by atoms with Crippen molar-refractivity contribution in [2.45, 2.75) is 6.10 Å². The summed E-state index contributed by atoms with van der Waals surface area (Å²) in [4.78, 5) is 16.7. The zero-order chi connectivity index (χ0) is 18.5. The summed E-state index contributed by atoms with van der Waals surface area (Å²) >= 11 is 0. The second-order valence-electron chi connectivity index (χ2n) is 5.79. The van der Waals surface area contributed by atoms with E-state index in [0.717, 1.165) is 24.5 Å².